The Morgan fingerprint density at radius 2 is 2.22 bits per heavy atom. The number of imidazole rings is 1. The van der Waals surface area contributed by atoms with E-state index in [-0.39, 0.29) is 36.8 Å². The minimum atomic E-state index is -3.00. The summed E-state index contributed by atoms with van der Waals surface area (Å²) >= 11 is 0. The highest BCUT2D eigenvalue weighted by Gasteiger charge is 2.17. The second kappa shape index (κ2) is 7.99. The number of aromatic amines is 1. The number of H-pyrrole nitrogens is 1. The Bertz CT molecular complexity index is 1050. The fourth-order valence-corrected chi connectivity index (χ4v) is 3.36. The van der Waals surface area contributed by atoms with Crippen molar-refractivity contribution in [2.75, 3.05) is 25.4 Å². The highest BCUT2D eigenvalue weighted by molar-refractivity contribution is 7.57. The number of hydrogen-bond acceptors (Lipinski definition) is 7. The van der Waals surface area contributed by atoms with Gasteiger partial charge in [-0.25, -0.2) is 9.37 Å². The van der Waals surface area contributed by atoms with Crippen molar-refractivity contribution >= 4 is 24.5 Å². The van der Waals surface area contributed by atoms with Crippen LogP contribution < -0.4 is 11.3 Å². The monoisotopic (exact) mass is 395 g/mol. The minimum absolute atomic E-state index is 0.000948. The molecule has 1 unspecified atom stereocenters. The quantitative estimate of drug-likeness (QED) is 0.441. The van der Waals surface area contributed by atoms with E-state index in [1.165, 1.54) is 25.1 Å². The highest BCUT2D eigenvalue weighted by Crippen LogP contribution is 2.43. The predicted octanol–water partition coefficient (Wildman–Crippen LogP) is 1.94. The maximum Gasteiger partial charge on any atom is 0.280 e. The van der Waals surface area contributed by atoms with E-state index in [2.05, 4.69) is 15.0 Å². The Morgan fingerprint density at radius 3 is 3.00 bits per heavy atom. The molecule has 0 fully saturated rings. The topological polar surface area (TPSA) is 125 Å². The number of rotatable bonds is 8. The van der Waals surface area contributed by atoms with E-state index in [9.17, 15) is 13.8 Å². The lowest BCUT2D eigenvalue weighted by molar-refractivity contribution is 0.153. The van der Waals surface area contributed by atoms with Gasteiger partial charge in [0.2, 0.25) is 13.3 Å². The Labute approximate surface area is 153 Å². The fourth-order valence-electron chi connectivity index (χ4n) is 2.40. The number of hydrogen-bond donors (Lipinski definition) is 2. The van der Waals surface area contributed by atoms with Gasteiger partial charge in [-0.3, -0.25) is 14.3 Å². The van der Waals surface area contributed by atoms with E-state index in [0.29, 0.717) is 17.8 Å². The third-order valence-electron chi connectivity index (χ3n) is 3.69. The van der Waals surface area contributed by atoms with Crippen molar-refractivity contribution in [3.8, 4) is 0 Å². The molecule has 0 saturated carbocycles. The molecule has 3 rings (SSSR count). The van der Waals surface area contributed by atoms with E-state index in [1.54, 1.807) is 16.7 Å². The highest BCUT2D eigenvalue weighted by atomic mass is 31.2. The van der Waals surface area contributed by atoms with Crippen LogP contribution in [0.25, 0.3) is 11.2 Å². The Balaban J connectivity index is 1.51. The van der Waals surface area contributed by atoms with Gasteiger partial charge in [-0.15, -0.1) is 0 Å². The van der Waals surface area contributed by atoms with Gasteiger partial charge in [0.05, 0.1) is 19.5 Å². The maximum absolute atomic E-state index is 13.1. The smallest absolute Gasteiger partial charge is 0.280 e. The molecule has 27 heavy (non-hydrogen) atoms. The molecule has 0 spiro atoms. The van der Waals surface area contributed by atoms with Crippen LogP contribution in [0.1, 0.15) is 5.56 Å². The number of ether oxygens (including phenoxy) is 1. The van der Waals surface area contributed by atoms with Crippen LogP contribution in [0.3, 0.4) is 0 Å². The van der Waals surface area contributed by atoms with Gasteiger partial charge < -0.3 is 19.6 Å². The maximum atomic E-state index is 13.1. The standard InChI is InChI=1S/C16H19FN5O4P/c1-27(24,26-8-11-3-2-4-12(17)7-11)10-25-6-5-22-9-19-13-14(22)20-16(18)21-15(13)23/h2-4,7,9H,5-6,8,10H2,1H3,(H3,18,20,21,23). The molecule has 0 radical (unpaired) electrons. The largest absolute Gasteiger partial charge is 0.370 e. The molecule has 2 aromatic heterocycles. The molecule has 0 aliphatic heterocycles. The SMILES string of the molecule is CP(=O)(COCCn1cnc2c(=O)[nH]c(N)nc21)OCc1cccc(F)c1. The fraction of sp³-hybridized carbons (Fsp3) is 0.312. The normalized spacial score (nSPS) is 13.7. The number of nitrogen functional groups attached to an aromatic ring is 1. The summed E-state index contributed by atoms with van der Waals surface area (Å²) in [7, 11) is -3.00. The number of benzene rings is 1. The number of aromatic nitrogens is 4. The van der Waals surface area contributed by atoms with Gasteiger partial charge in [-0.2, -0.15) is 4.98 Å². The van der Waals surface area contributed by atoms with Crippen molar-refractivity contribution in [3.05, 3.63) is 52.3 Å². The first-order valence-electron chi connectivity index (χ1n) is 8.08. The van der Waals surface area contributed by atoms with Crippen molar-refractivity contribution in [1.29, 1.82) is 0 Å². The third-order valence-corrected chi connectivity index (χ3v) is 5.02. The molecule has 0 aliphatic carbocycles. The van der Waals surface area contributed by atoms with E-state index < -0.39 is 12.9 Å². The summed E-state index contributed by atoms with van der Waals surface area (Å²) in [5.41, 5.74) is 6.25. The zero-order chi connectivity index (χ0) is 19.4. The van der Waals surface area contributed by atoms with Crippen LogP contribution in [0.4, 0.5) is 10.3 Å². The minimum Gasteiger partial charge on any atom is -0.370 e. The molecular formula is C16H19FN5O4P. The Morgan fingerprint density at radius 1 is 1.41 bits per heavy atom. The summed E-state index contributed by atoms with van der Waals surface area (Å²) in [4.78, 5) is 22.1. The summed E-state index contributed by atoms with van der Waals surface area (Å²) < 4.78 is 38.0. The molecule has 3 aromatic rings. The van der Waals surface area contributed by atoms with E-state index in [4.69, 9.17) is 15.0 Å². The predicted molar refractivity (Wildman–Crippen MR) is 98.1 cm³/mol. The Kier molecular flexibility index (Phi) is 5.69. The second-order valence-corrected chi connectivity index (χ2v) is 8.56. The van der Waals surface area contributed by atoms with Crippen LogP contribution in [0.5, 0.6) is 0 Å². The molecule has 3 N–H and O–H groups in total. The van der Waals surface area contributed by atoms with Crippen molar-refractivity contribution in [2.24, 2.45) is 0 Å². The van der Waals surface area contributed by atoms with Crippen LogP contribution in [-0.2, 0) is 27.0 Å². The van der Waals surface area contributed by atoms with Crippen LogP contribution in [0.2, 0.25) is 0 Å². The number of anilines is 1. The summed E-state index contributed by atoms with van der Waals surface area (Å²) in [6, 6.07) is 5.90. The number of halogens is 1. The van der Waals surface area contributed by atoms with Gasteiger partial charge in [0, 0.05) is 13.2 Å². The molecule has 144 valence electrons. The average Bonchev–Trinajstić information content (AvgIpc) is 3.00. The number of nitrogens with one attached hydrogen (secondary N) is 1. The third kappa shape index (κ3) is 5.00. The van der Waals surface area contributed by atoms with Gasteiger partial charge in [0.1, 0.15) is 12.2 Å². The number of fused-ring (bicyclic) bond motifs is 1. The van der Waals surface area contributed by atoms with E-state index in [0.717, 1.165) is 0 Å². The van der Waals surface area contributed by atoms with Gasteiger partial charge in [-0.1, -0.05) is 12.1 Å². The van der Waals surface area contributed by atoms with Crippen molar-refractivity contribution < 1.29 is 18.2 Å². The van der Waals surface area contributed by atoms with Crippen LogP contribution in [0, 0.1) is 5.82 Å². The first-order chi connectivity index (χ1) is 12.8. The van der Waals surface area contributed by atoms with Crippen molar-refractivity contribution in [2.45, 2.75) is 13.2 Å². The molecule has 11 heteroatoms. The van der Waals surface area contributed by atoms with Crippen LogP contribution >= 0.6 is 7.37 Å². The summed E-state index contributed by atoms with van der Waals surface area (Å²) in [5.74, 6) is -0.377. The number of nitrogens with zero attached hydrogens (tertiary/aromatic N) is 3. The molecule has 1 aromatic carbocycles. The molecular weight excluding hydrogens is 376 g/mol. The summed E-state index contributed by atoms with van der Waals surface area (Å²) in [6.07, 6.45) is 1.37. The molecule has 9 nitrogen and oxygen atoms in total. The number of nitrogens with two attached hydrogens (primary N) is 1. The first-order valence-corrected chi connectivity index (χ1v) is 10.3. The molecule has 0 aliphatic rings. The van der Waals surface area contributed by atoms with Crippen LogP contribution in [-0.4, -0.2) is 39.1 Å². The van der Waals surface area contributed by atoms with E-state index >= 15 is 0 Å². The lowest BCUT2D eigenvalue weighted by Gasteiger charge is -2.14. The summed E-state index contributed by atoms with van der Waals surface area (Å²) in [5, 5.41) is 0. The molecule has 0 bridgehead atoms. The molecule has 1 atom stereocenters. The average molecular weight is 395 g/mol. The molecule has 0 amide bonds. The summed E-state index contributed by atoms with van der Waals surface area (Å²) in [6.45, 7) is 2.05. The zero-order valence-corrected chi connectivity index (χ0v) is 15.5. The van der Waals surface area contributed by atoms with Gasteiger partial charge >= 0.3 is 0 Å². The van der Waals surface area contributed by atoms with Crippen molar-refractivity contribution in [1.82, 2.24) is 19.5 Å². The lowest BCUT2D eigenvalue weighted by Crippen LogP contribution is -2.13. The van der Waals surface area contributed by atoms with Gasteiger partial charge in [-0.05, 0) is 17.7 Å². The Hall–Kier alpha value is -2.55. The van der Waals surface area contributed by atoms with Gasteiger partial charge in [0.15, 0.2) is 11.2 Å². The lowest BCUT2D eigenvalue weighted by atomic mass is 10.2. The molecule has 0 saturated heterocycles. The van der Waals surface area contributed by atoms with E-state index in [1.807, 2.05) is 0 Å². The van der Waals surface area contributed by atoms with Crippen molar-refractivity contribution in [3.63, 3.8) is 0 Å². The first kappa shape index (κ1) is 19.2. The zero-order valence-electron chi connectivity index (χ0n) is 14.6. The molecule has 2 heterocycles. The van der Waals surface area contributed by atoms with Crippen LogP contribution in [0.15, 0.2) is 35.4 Å². The van der Waals surface area contributed by atoms with Gasteiger partial charge in [0.25, 0.3) is 5.56 Å². The second-order valence-electron chi connectivity index (χ2n) is 6.02.